The van der Waals surface area contributed by atoms with Crippen molar-refractivity contribution in [2.45, 2.75) is 13.3 Å². The molecule has 1 aliphatic carbocycles. The second kappa shape index (κ2) is 9.14. The van der Waals surface area contributed by atoms with Gasteiger partial charge in [0.05, 0.1) is 22.8 Å². The second-order valence-corrected chi connectivity index (χ2v) is 9.76. The summed E-state index contributed by atoms with van der Waals surface area (Å²) in [5.74, 6) is 0. The number of hydrogen-bond acceptors (Lipinski definition) is 4. The molecule has 1 aliphatic heterocycles. The highest BCUT2D eigenvalue weighted by Crippen LogP contribution is 2.52. The Bertz CT molecular complexity index is 1560. The van der Waals surface area contributed by atoms with E-state index in [0.717, 1.165) is 56.4 Å². The number of fused-ring (bicyclic) bond motifs is 2. The number of para-hydroxylation sites is 1. The van der Waals surface area contributed by atoms with Crippen LogP contribution in [0.25, 0.3) is 16.7 Å². The van der Waals surface area contributed by atoms with Crippen molar-refractivity contribution in [2.24, 2.45) is 10.7 Å². The minimum absolute atomic E-state index is 0.674. The fraction of sp³-hybridized carbons (Fsp3) is 0.121. The van der Waals surface area contributed by atoms with Gasteiger partial charge in [-0.1, -0.05) is 78.9 Å². The summed E-state index contributed by atoms with van der Waals surface area (Å²) in [6.07, 6.45) is 2.78. The van der Waals surface area contributed by atoms with Gasteiger partial charge < -0.3 is 15.5 Å². The van der Waals surface area contributed by atoms with Gasteiger partial charge in [0.2, 0.25) is 0 Å². The van der Waals surface area contributed by atoms with Crippen LogP contribution in [0.3, 0.4) is 0 Å². The standard InChI is InChI=1S/C33H30N4/c1-22-30(36(2)3)20-27(24-15-9-5-10-16-24)32-33(22)37(25-17-11-6-12-18-25)31-21-28(34)26(19-29(31)35-32)23-13-7-4-8-14-23/h4-18,20-21H,19,34H2,1-3H3. The van der Waals surface area contributed by atoms with Gasteiger partial charge in [0, 0.05) is 43.2 Å². The molecule has 4 aromatic rings. The molecule has 4 nitrogen and oxygen atoms in total. The maximum absolute atomic E-state index is 6.73. The molecule has 0 fully saturated rings. The second-order valence-electron chi connectivity index (χ2n) is 9.76. The maximum Gasteiger partial charge on any atom is 0.0957 e. The van der Waals surface area contributed by atoms with E-state index >= 15 is 0 Å². The van der Waals surface area contributed by atoms with Crippen molar-refractivity contribution in [3.05, 3.63) is 126 Å². The number of nitrogens with two attached hydrogens (primary N) is 1. The van der Waals surface area contributed by atoms with Crippen LogP contribution in [-0.4, -0.2) is 19.8 Å². The van der Waals surface area contributed by atoms with E-state index in [9.17, 15) is 0 Å². The third-order valence-corrected chi connectivity index (χ3v) is 7.19. The Hall–Kier alpha value is -4.57. The van der Waals surface area contributed by atoms with E-state index in [1.54, 1.807) is 0 Å². The molecule has 0 saturated carbocycles. The van der Waals surface area contributed by atoms with Gasteiger partial charge >= 0.3 is 0 Å². The molecule has 4 aromatic carbocycles. The fourth-order valence-electron chi connectivity index (χ4n) is 5.41. The van der Waals surface area contributed by atoms with Crippen molar-refractivity contribution < 1.29 is 0 Å². The minimum atomic E-state index is 0.674. The zero-order valence-corrected chi connectivity index (χ0v) is 21.4. The maximum atomic E-state index is 6.73. The lowest BCUT2D eigenvalue weighted by Gasteiger charge is -2.38. The average molecular weight is 483 g/mol. The Balaban J connectivity index is 1.67. The first-order valence-corrected chi connectivity index (χ1v) is 12.6. The predicted molar refractivity (Wildman–Crippen MR) is 157 cm³/mol. The number of hydrogen-bond donors (Lipinski definition) is 1. The molecule has 2 N–H and O–H groups in total. The SMILES string of the molecule is Cc1c(N(C)C)cc(-c2ccccc2)c2c1N(c1ccccc1)C1=CC(N)=C(c3ccccc3)CC1=N2. The Morgan fingerprint density at radius 3 is 2.03 bits per heavy atom. The zero-order valence-electron chi connectivity index (χ0n) is 21.4. The van der Waals surface area contributed by atoms with E-state index in [1.807, 2.05) is 6.07 Å². The average Bonchev–Trinajstić information content (AvgIpc) is 2.93. The van der Waals surface area contributed by atoms with Crippen molar-refractivity contribution in [1.82, 2.24) is 0 Å². The third kappa shape index (κ3) is 3.91. The van der Waals surface area contributed by atoms with Crippen molar-refractivity contribution in [1.29, 1.82) is 0 Å². The van der Waals surface area contributed by atoms with Crippen molar-refractivity contribution in [3.63, 3.8) is 0 Å². The fourth-order valence-corrected chi connectivity index (χ4v) is 5.41. The highest BCUT2D eigenvalue weighted by molar-refractivity contribution is 6.18. The molecular formula is C33H30N4. The third-order valence-electron chi connectivity index (χ3n) is 7.19. The van der Waals surface area contributed by atoms with Crippen LogP contribution >= 0.6 is 0 Å². The van der Waals surface area contributed by atoms with Crippen molar-refractivity contribution >= 4 is 34.0 Å². The van der Waals surface area contributed by atoms with Crippen LogP contribution < -0.4 is 15.5 Å². The molecule has 0 atom stereocenters. The lowest BCUT2D eigenvalue weighted by Crippen LogP contribution is -2.30. The number of anilines is 3. The van der Waals surface area contributed by atoms with Crippen LogP contribution in [0.15, 0.2) is 120 Å². The summed E-state index contributed by atoms with van der Waals surface area (Å²) in [5, 5.41) is 0. The first-order valence-electron chi connectivity index (χ1n) is 12.6. The number of allylic oxidation sites excluding steroid dienone is 3. The van der Waals surface area contributed by atoms with Crippen LogP contribution in [0.1, 0.15) is 17.5 Å². The van der Waals surface area contributed by atoms with E-state index in [-0.39, 0.29) is 0 Å². The smallest absolute Gasteiger partial charge is 0.0957 e. The normalized spacial score (nSPS) is 14.5. The molecule has 182 valence electrons. The quantitative estimate of drug-likeness (QED) is 0.326. The van der Waals surface area contributed by atoms with Crippen LogP contribution in [-0.2, 0) is 0 Å². The van der Waals surface area contributed by atoms with Crippen LogP contribution in [0.4, 0.5) is 22.7 Å². The molecule has 1 heterocycles. The zero-order chi connectivity index (χ0) is 25.5. The highest BCUT2D eigenvalue weighted by atomic mass is 15.2. The van der Waals surface area contributed by atoms with E-state index in [1.165, 1.54) is 11.3 Å². The minimum Gasteiger partial charge on any atom is -0.398 e. The topological polar surface area (TPSA) is 44.9 Å². The summed E-state index contributed by atoms with van der Waals surface area (Å²) in [5.41, 5.74) is 19.7. The first kappa shape index (κ1) is 22.9. The van der Waals surface area contributed by atoms with Crippen LogP contribution in [0.5, 0.6) is 0 Å². The van der Waals surface area contributed by atoms with Crippen molar-refractivity contribution in [3.8, 4) is 11.1 Å². The number of rotatable bonds is 4. The number of aliphatic imine (C=N–C) groups is 1. The van der Waals surface area contributed by atoms with Gasteiger partial charge in [-0.15, -0.1) is 0 Å². The Morgan fingerprint density at radius 1 is 0.811 bits per heavy atom. The largest absolute Gasteiger partial charge is 0.398 e. The van der Waals surface area contributed by atoms with Gasteiger partial charge in [-0.05, 0) is 53.5 Å². The van der Waals surface area contributed by atoms with Gasteiger partial charge in [-0.2, -0.15) is 0 Å². The van der Waals surface area contributed by atoms with Gasteiger partial charge in [0.25, 0.3) is 0 Å². The highest BCUT2D eigenvalue weighted by Gasteiger charge is 2.34. The molecule has 0 unspecified atom stereocenters. The predicted octanol–water partition coefficient (Wildman–Crippen LogP) is 7.61. The molecule has 0 aromatic heterocycles. The molecule has 0 bridgehead atoms. The first-order chi connectivity index (χ1) is 18.0. The van der Waals surface area contributed by atoms with Gasteiger partial charge in [0.1, 0.15) is 0 Å². The van der Waals surface area contributed by atoms with E-state index in [2.05, 4.69) is 128 Å². The summed E-state index contributed by atoms with van der Waals surface area (Å²) in [6.45, 7) is 2.19. The van der Waals surface area contributed by atoms with Crippen LogP contribution in [0.2, 0.25) is 0 Å². The van der Waals surface area contributed by atoms with E-state index in [0.29, 0.717) is 6.42 Å². The molecule has 4 heteroatoms. The van der Waals surface area contributed by atoms with E-state index < -0.39 is 0 Å². The molecule has 0 saturated heterocycles. The molecule has 6 rings (SSSR count). The Kier molecular flexibility index (Phi) is 5.65. The summed E-state index contributed by atoms with van der Waals surface area (Å²) in [7, 11) is 4.20. The lowest BCUT2D eigenvalue weighted by molar-refractivity contribution is 1.09. The summed E-state index contributed by atoms with van der Waals surface area (Å²) >= 11 is 0. The Morgan fingerprint density at radius 2 is 1.41 bits per heavy atom. The Labute approximate surface area is 218 Å². The molecule has 0 spiro atoms. The van der Waals surface area contributed by atoms with E-state index in [4.69, 9.17) is 10.7 Å². The number of nitrogens with zero attached hydrogens (tertiary/aromatic N) is 3. The summed E-state index contributed by atoms with van der Waals surface area (Å²) in [4.78, 5) is 9.92. The summed E-state index contributed by atoms with van der Waals surface area (Å²) < 4.78 is 0. The number of benzene rings is 4. The van der Waals surface area contributed by atoms with Gasteiger partial charge in [0.15, 0.2) is 0 Å². The monoisotopic (exact) mass is 482 g/mol. The lowest BCUT2D eigenvalue weighted by atomic mass is 9.88. The molecular weight excluding hydrogens is 452 g/mol. The molecule has 0 radical (unpaired) electrons. The van der Waals surface area contributed by atoms with Crippen LogP contribution in [0, 0.1) is 6.92 Å². The molecule has 2 aliphatic rings. The van der Waals surface area contributed by atoms with Gasteiger partial charge in [-0.3, -0.25) is 0 Å². The van der Waals surface area contributed by atoms with Crippen molar-refractivity contribution in [2.75, 3.05) is 23.9 Å². The molecule has 0 amide bonds. The summed E-state index contributed by atoms with van der Waals surface area (Å²) in [6, 6.07) is 33.8. The molecule has 37 heavy (non-hydrogen) atoms. The van der Waals surface area contributed by atoms with Gasteiger partial charge in [-0.25, -0.2) is 4.99 Å².